The SMILES string of the molecule is CCc1noc(C)c1C(=O)N1CCC[C@H](CNC(=O)c2ccc(-c3ccccc3)cc2)C1. The Kier molecular flexibility index (Phi) is 6.69. The highest BCUT2D eigenvalue weighted by Gasteiger charge is 2.29. The molecule has 0 bridgehead atoms. The Hall–Kier alpha value is -3.41. The first-order valence-corrected chi connectivity index (χ1v) is 11.2. The van der Waals surface area contributed by atoms with E-state index in [1.165, 1.54) is 0 Å². The number of carbonyl (C=O) groups is 2. The number of nitrogens with one attached hydrogen (secondary N) is 1. The van der Waals surface area contributed by atoms with Gasteiger partial charge in [0.05, 0.1) is 5.69 Å². The predicted molar refractivity (Wildman–Crippen MR) is 123 cm³/mol. The largest absolute Gasteiger partial charge is 0.361 e. The molecule has 6 nitrogen and oxygen atoms in total. The quantitative estimate of drug-likeness (QED) is 0.624. The highest BCUT2D eigenvalue weighted by molar-refractivity contribution is 5.96. The second-order valence-corrected chi connectivity index (χ2v) is 8.33. The number of aromatic nitrogens is 1. The summed E-state index contributed by atoms with van der Waals surface area (Å²) < 4.78 is 5.24. The maximum atomic E-state index is 13.1. The van der Waals surface area contributed by atoms with Crippen molar-refractivity contribution in [1.29, 1.82) is 0 Å². The van der Waals surface area contributed by atoms with Gasteiger partial charge in [-0.15, -0.1) is 0 Å². The first kappa shape index (κ1) is 21.8. The molecule has 0 unspecified atom stereocenters. The fraction of sp³-hybridized carbons (Fsp3) is 0.346. The Morgan fingerprint density at radius 2 is 1.81 bits per heavy atom. The van der Waals surface area contributed by atoms with Crippen molar-refractivity contribution in [3.63, 3.8) is 0 Å². The van der Waals surface area contributed by atoms with Gasteiger partial charge < -0.3 is 14.7 Å². The highest BCUT2D eigenvalue weighted by Crippen LogP contribution is 2.23. The molecule has 2 amide bonds. The van der Waals surface area contributed by atoms with Crippen LogP contribution >= 0.6 is 0 Å². The summed E-state index contributed by atoms with van der Waals surface area (Å²) >= 11 is 0. The third-order valence-corrected chi connectivity index (χ3v) is 6.09. The molecule has 1 atom stereocenters. The fourth-order valence-corrected chi connectivity index (χ4v) is 4.29. The van der Waals surface area contributed by atoms with Crippen LogP contribution in [0.3, 0.4) is 0 Å². The summed E-state index contributed by atoms with van der Waals surface area (Å²) in [6, 6.07) is 17.7. The number of benzene rings is 2. The third kappa shape index (κ3) is 4.74. The molecule has 4 rings (SSSR count). The Balaban J connectivity index is 1.34. The smallest absolute Gasteiger partial charge is 0.259 e. The van der Waals surface area contributed by atoms with Crippen molar-refractivity contribution < 1.29 is 14.1 Å². The van der Waals surface area contributed by atoms with E-state index in [0.29, 0.717) is 42.1 Å². The number of piperidine rings is 1. The Bertz CT molecular complexity index is 1070. The van der Waals surface area contributed by atoms with Crippen LogP contribution in [0.25, 0.3) is 11.1 Å². The highest BCUT2D eigenvalue weighted by atomic mass is 16.5. The van der Waals surface area contributed by atoms with Crippen molar-refractivity contribution in [2.45, 2.75) is 33.1 Å². The summed E-state index contributed by atoms with van der Waals surface area (Å²) in [6.07, 6.45) is 2.57. The summed E-state index contributed by atoms with van der Waals surface area (Å²) in [5.74, 6) is 0.691. The lowest BCUT2D eigenvalue weighted by atomic mass is 9.96. The summed E-state index contributed by atoms with van der Waals surface area (Å²) in [4.78, 5) is 27.6. The molecule has 1 N–H and O–H groups in total. The summed E-state index contributed by atoms with van der Waals surface area (Å²) in [7, 11) is 0. The van der Waals surface area contributed by atoms with Crippen molar-refractivity contribution in [1.82, 2.24) is 15.4 Å². The van der Waals surface area contributed by atoms with Crippen molar-refractivity contribution in [2.24, 2.45) is 5.92 Å². The topological polar surface area (TPSA) is 75.4 Å². The first-order chi connectivity index (χ1) is 15.6. The van der Waals surface area contributed by atoms with Gasteiger partial charge in [-0.05, 0) is 55.4 Å². The molecular formula is C26H29N3O3. The van der Waals surface area contributed by atoms with E-state index in [9.17, 15) is 9.59 Å². The standard InChI is InChI=1S/C26H29N3O3/c1-3-23-24(18(2)32-28-23)26(31)29-15-7-8-19(17-29)16-27-25(30)22-13-11-21(12-14-22)20-9-5-4-6-10-20/h4-6,9-14,19H,3,7-8,15-17H2,1-2H3,(H,27,30)/t19-/m1/s1. The van der Waals surface area contributed by atoms with E-state index in [2.05, 4.69) is 22.6 Å². The minimum absolute atomic E-state index is 0.0203. The fourth-order valence-electron chi connectivity index (χ4n) is 4.29. The summed E-state index contributed by atoms with van der Waals surface area (Å²) in [6.45, 7) is 5.64. The van der Waals surface area contributed by atoms with E-state index in [0.717, 1.165) is 30.5 Å². The van der Waals surface area contributed by atoms with Gasteiger partial charge in [0.2, 0.25) is 0 Å². The number of rotatable bonds is 6. The van der Waals surface area contributed by atoms with Crippen LogP contribution in [0.2, 0.25) is 0 Å². The molecule has 166 valence electrons. The van der Waals surface area contributed by atoms with Crippen LogP contribution in [0.1, 0.15) is 51.9 Å². The van der Waals surface area contributed by atoms with Crippen molar-refractivity contribution in [3.05, 3.63) is 77.2 Å². The average Bonchev–Trinajstić information content (AvgIpc) is 3.23. The van der Waals surface area contributed by atoms with E-state index in [1.807, 2.05) is 54.3 Å². The molecule has 0 spiro atoms. The Morgan fingerprint density at radius 1 is 1.09 bits per heavy atom. The monoisotopic (exact) mass is 431 g/mol. The number of aryl methyl sites for hydroxylation is 2. The molecule has 2 heterocycles. The van der Waals surface area contributed by atoms with Crippen LogP contribution in [0.4, 0.5) is 0 Å². The second-order valence-electron chi connectivity index (χ2n) is 8.33. The van der Waals surface area contributed by atoms with E-state index in [1.54, 1.807) is 6.92 Å². The predicted octanol–water partition coefficient (Wildman–Crippen LogP) is 4.49. The zero-order valence-corrected chi connectivity index (χ0v) is 18.6. The van der Waals surface area contributed by atoms with Crippen LogP contribution in [0.15, 0.2) is 59.1 Å². The van der Waals surface area contributed by atoms with Crippen molar-refractivity contribution in [2.75, 3.05) is 19.6 Å². The summed E-state index contributed by atoms with van der Waals surface area (Å²) in [5.41, 5.74) is 4.15. The molecule has 2 aromatic carbocycles. The second kappa shape index (κ2) is 9.81. The molecular weight excluding hydrogens is 402 g/mol. The molecule has 1 aliphatic rings. The van der Waals surface area contributed by atoms with E-state index in [4.69, 9.17) is 4.52 Å². The van der Waals surface area contributed by atoms with Gasteiger partial charge in [0.25, 0.3) is 11.8 Å². The number of likely N-dealkylation sites (tertiary alicyclic amines) is 1. The molecule has 1 fully saturated rings. The maximum Gasteiger partial charge on any atom is 0.259 e. The van der Waals surface area contributed by atoms with E-state index < -0.39 is 0 Å². The van der Waals surface area contributed by atoms with E-state index >= 15 is 0 Å². The van der Waals surface area contributed by atoms with Gasteiger partial charge in [0.1, 0.15) is 11.3 Å². The first-order valence-electron chi connectivity index (χ1n) is 11.2. The molecule has 0 radical (unpaired) electrons. The van der Waals surface area contributed by atoms with Gasteiger partial charge in [-0.1, -0.05) is 54.5 Å². The summed E-state index contributed by atoms with van der Waals surface area (Å²) in [5, 5.41) is 7.06. The van der Waals surface area contributed by atoms with Gasteiger partial charge in [-0.25, -0.2) is 0 Å². The molecule has 0 saturated carbocycles. The van der Waals surface area contributed by atoms with Gasteiger partial charge in [-0.2, -0.15) is 0 Å². The van der Waals surface area contributed by atoms with Crippen LogP contribution < -0.4 is 5.32 Å². The van der Waals surface area contributed by atoms with Crippen LogP contribution in [0.5, 0.6) is 0 Å². The lowest BCUT2D eigenvalue weighted by molar-refractivity contribution is 0.0668. The molecule has 6 heteroatoms. The number of hydrogen-bond donors (Lipinski definition) is 1. The van der Waals surface area contributed by atoms with Crippen LogP contribution in [-0.2, 0) is 6.42 Å². The number of amides is 2. The lowest BCUT2D eigenvalue weighted by Crippen LogP contribution is -2.44. The number of nitrogens with zero attached hydrogens (tertiary/aromatic N) is 2. The lowest BCUT2D eigenvalue weighted by Gasteiger charge is -2.33. The van der Waals surface area contributed by atoms with Crippen molar-refractivity contribution in [3.8, 4) is 11.1 Å². The number of carbonyl (C=O) groups excluding carboxylic acids is 2. The Morgan fingerprint density at radius 3 is 2.53 bits per heavy atom. The van der Waals surface area contributed by atoms with Crippen molar-refractivity contribution >= 4 is 11.8 Å². The molecule has 1 saturated heterocycles. The minimum atomic E-state index is -0.0868. The zero-order valence-electron chi connectivity index (χ0n) is 18.6. The van der Waals surface area contributed by atoms with Gasteiger partial charge in [-0.3, -0.25) is 9.59 Å². The molecule has 3 aromatic rings. The maximum absolute atomic E-state index is 13.1. The molecule has 32 heavy (non-hydrogen) atoms. The third-order valence-electron chi connectivity index (χ3n) is 6.09. The van der Waals surface area contributed by atoms with E-state index in [-0.39, 0.29) is 17.7 Å². The van der Waals surface area contributed by atoms with Gasteiger partial charge in [0.15, 0.2) is 0 Å². The van der Waals surface area contributed by atoms with Gasteiger partial charge >= 0.3 is 0 Å². The Labute approximate surface area is 188 Å². The minimum Gasteiger partial charge on any atom is -0.361 e. The normalized spacial score (nSPS) is 16.1. The molecule has 0 aliphatic carbocycles. The zero-order chi connectivity index (χ0) is 22.5. The average molecular weight is 432 g/mol. The van der Waals surface area contributed by atoms with Gasteiger partial charge in [0, 0.05) is 25.2 Å². The van der Waals surface area contributed by atoms with Crippen LogP contribution in [0, 0.1) is 12.8 Å². The van der Waals surface area contributed by atoms with Crippen LogP contribution in [-0.4, -0.2) is 41.5 Å². The number of hydrogen-bond acceptors (Lipinski definition) is 4. The molecule has 1 aliphatic heterocycles. The molecule has 1 aromatic heterocycles.